The average Bonchev–Trinajstić information content (AvgIpc) is 2.44. The van der Waals surface area contributed by atoms with Crippen molar-refractivity contribution in [2.24, 2.45) is 5.73 Å². The molecule has 2 rings (SSSR count). The van der Waals surface area contributed by atoms with E-state index in [1.807, 2.05) is 31.2 Å². The Hall–Kier alpha value is -1.61. The van der Waals surface area contributed by atoms with Crippen LogP contribution in [0.15, 0.2) is 30.8 Å². The van der Waals surface area contributed by atoms with Gasteiger partial charge in [-0.2, -0.15) is 0 Å². The third-order valence-corrected chi connectivity index (χ3v) is 2.51. The Bertz CT molecular complexity index is 388. The van der Waals surface area contributed by atoms with Crippen LogP contribution in [0, 0.1) is 0 Å². The maximum atomic E-state index is 12.0. The lowest BCUT2D eigenvalue weighted by Crippen LogP contribution is -2.35. The zero-order valence-electron chi connectivity index (χ0n) is 8.73. The Kier molecular flexibility index (Phi) is 2.32. The van der Waals surface area contributed by atoms with Gasteiger partial charge in [-0.05, 0) is 13.0 Å². The average molecular weight is 202 g/mol. The van der Waals surface area contributed by atoms with Gasteiger partial charge < -0.3 is 10.6 Å². The minimum absolute atomic E-state index is 0.00731. The molecule has 1 heterocycles. The molecule has 0 spiro atoms. The lowest BCUT2D eigenvalue weighted by molar-refractivity contribution is 0.0846. The van der Waals surface area contributed by atoms with Crippen LogP contribution >= 0.6 is 0 Å². The van der Waals surface area contributed by atoms with Gasteiger partial charge in [-0.15, -0.1) is 0 Å². The molecule has 1 aliphatic heterocycles. The molecule has 2 N–H and O–H groups in total. The second-order valence-electron chi connectivity index (χ2n) is 3.89. The Labute approximate surface area is 89.2 Å². The van der Waals surface area contributed by atoms with Crippen LogP contribution in [-0.4, -0.2) is 23.4 Å². The Morgan fingerprint density at radius 1 is 1.40 bits per heavy atom. The van der Waals surface area contributed by atoms with Crippen molar-refractivity contribution < 1.29 is 4.79 Å². The Morgan fingerprint density at radius 2 is 2.00 bits per heavy atom. The number of benzene rings is 1. The van der Waals surface area contributed by atoms with Gasteiger partial charge in [0.2, 0.25) is 0 Å². The maximum absolute atomic E-state index is 12.0. The standard InChI is InChI=1S/C12H14N2O/c1-8(13)7-14-9(2)10-5-3-4-6-11(10)12(14)15/h3-6,8H,2,7,13H2,1H3. The van der Waals surface area contributed by atoms with E-state index in [2.05, 4.69) is 6.58 Å². The zero-order chi connectivity index (χ0) is 11.0. The summed E-state index contributed by atoms with van der Waals surface area (Å²) in [5.41, 5.74) is 8.10. The fraction of sp³-hybridized carbons (Fsp3) is 0.250. The number of rotatable bonds is 2. The van der Waals surface area contributed by atoms with Gasteiger partial charge in [-0.1, -0.05) is 24.8 Å². The highest BCUT2D eigenvalue weighted by Crippen LogP contribution is 2.30. The molecule has 15 heavy (non-hydrogen) atoms. The van der Waals surface area contributed by atoms with Gasteiger partial charge in [-0.25, -0.2) is 0 Å². The molecule has 1 aliphatic rings. The van der Waals surface area contributed by atoms with Crippen molar-refractivity contribution in [2.75, 3.05) is 6.54 Å². The number of amides is 1. The molecule has 3 nitrogen and oxygen atoms in total. The van der Waals surface area contributed by atoms with Crippen molar-refractivity contribution in [2.45, 2.75) is 13.0 Å². The molecule has 0 radical (unpaired) electrons. The molecule has 3 heteroatoms. The molecule has 1 aromatic carbocycles. The van der Waals surface area contributed by atoms with Crippen molar-refractivity contribution >= 4 is 11.6 Å². The summed E-state index contributed by atoms with van der Waals surface area (Å²) >= 11 is 0. The van der Waals surface area contributed by atoms with Crippen molar-refractivity contribution in [3.8, 4) is 0 Å². The summed E-state index contributed by atoms with van der Waals surface area (Å²) in [6.45, 7) is 6.33. The first-order chi connectivity index (χ1) is 7.11. The molecule has 78 valence electrons. The largest absolute Gasteiger partial charge is 0.326 e. The first-order valence-corrected chi connectivity index (χ1v) is 4.97. The molecule has 0 saturated heterocycles. The molecule has 1 atom stereocenters. The molecule has 0 aromatic heterocycles. The second-order valence-corrected chi connectivity index (χ2v) is 3.89. The Morgan fingerprint density at radius 3 is 2.53 bits per heavy atom. The van der Waals surface area contributed by atoms with Gasteiger partial charge in [0.25, 0.3) is 5.91 Å². The van der Waals surface area contributed by atoms with Gasteiger partial charge in [-0.3, -0.25) is 4.79 Å². The zero-order valence-corrected chi connectivity index (χ0v) is 8.73. The molecule has 0 bridgehead atoms. The van der Waals surface area contributed by atoms with Crippen LogP contribution in [0.1, 0.15) is 22.8 Å². The highest BCUT2D eigenvalue weighted by Gasteiger charge is 2.30. The normalized spacial score (nSPS) is 16.8. The first kappa shape index (κ1) is 9.93. The molecular formula is C12H14N2O. The van der Waals surface area contributed by atoms with E-state index in [0.717, 1.165) is 16.8 Å². The minimum Gasteiger partial charge on any atom is -0.326 e. The number of carbonyl (C=O) groups is 1. The van der Waals surface area contributed by atoms with E-state index in [0.29, 0.717) is 6.54 Å². The highest BCUT2D eigenvalue weighted by molar-refractivity contribution is 6.08. The lowest BCUT2D eigenvalue weighted by atomic mass is 10.1. The van der Waals surface area contributed by atoms with Gasteiger partial charge in [0.1, 0.15) is 0 Å². The van der Waals surface area contributed by atoms with Gasteiger partial charge in [0.05, 0.1) is 0 Å². The molecular weight excluding hydrogens is 188 g/mol. The summed E-state index contributed by atoms with van der Waals surface area (Å²) in [4.78, 5) is 13.6. The van der Waals surface area contributed by atoms with E-state index < -0.39 is 0 Å². The van der Waals surface area contributed by atoms with Crippen LogP contribution < -0.4 is 5.73 Å². The SMILES string of the molecule is C=C1c2ccccc2C(=O)N1CC(C)N. The molecule has 0 fully saturated rings. The van der Waals surface area contributed by atoms with Crippen LogP contribution in [0.4, 0.5) is 0 Å². The quantitative estimate of drug-likeness (QED) is 0.789. The number of hydrogen-bond acceptors (Lipinski definition) is 2. The number of fused-ring (bicyclic) bond motifs is 1. The maximum Gasteiger partial charge on any atom is 0.259 e. The smallest absolute Gasteiger partial charge is 0.259 e. The summed E-state index contributed by atoms with van der Waals surface area (Å²) in [6, 6.07) is 7.47. The summed E-state index contributed by atoms with van der Waals surface area (Å²) < 4.78 is 0. The minimum atomic E-state index is -0.0417. The number of carbonyl (C=O) groups excluding carboxylic acids is 1. The van der Waals surface area contributed by atoms with Gasteiger partial charge >= 0.3 is 0 Å². The van der Waals surface area contributed by atoms with E-state index in [1.165, 1.54) is 0 Å². The van der Waals surface area contributed by atoms with Crippen LogP contribution in [-0.2, 0) is 0 Å². The monoisotopic (exact) mass is 202 g/mol. The molecule has 1 amide bonds. The molecule has 0 aliphatic carbocycles. The van der Waals surface area contributed by atoms with Gasteiger partial charge in [0.15, 0.2) is 0 Å². The predicted molar refractivity (Wildman–Crippen MR) is 60.2 cm³/mol. The summed E-state index contributed by atoms with van der Waals surface area (Å²) in [5.74, 6) is 0.00731. The molecule has 1 unspecified atom stereocenters. The van der Waals surface area contributed by atoms with Crippen molar-refractivity contribution in [1.29, 1.82) is 0 Å². The Balaban J connectivity index is 2.37. The van der Waals surface area contributed by atoms with Gasteiger partial charge in [0, 0.05) is 29.4 Å². The summed E-state index contributed by atoms with van der Waals surface area (Å²) in [5, 5.41) is 0. The highest BCUT2D eigenvalue weighted by atomic mass is 16.2. The second kappa shape index (κ2) is 3.51. The molecule has 1 aromatic rings. The topological polar surface area (TPSA) is 46.3 Å². The van der Waals surface area contributed by atoms with E-state index >= 15 is 0 Å². The number of nitrogens with two attached hydrogens (primary N) is 1. The van der Waals surface area contributed by atoms with Crippen LogP contribution in [0.2, 0.25) is 0 Å². The predicted octanol–water partition coefficient (Wildman–Crippen LogP) is 1.46. The fourth-order valence-electron chi connectivity index (χ4n) is 1.82. The summed E-state index contributed by atoms with van der Waals surface area (Å²) in [6.07, 6.45) is 0. The van der Waals surface area contributed by atoms with Crippen molar-refractivity contribution in [1.82, 2.24) is 4.90 Å². The van der Waals surface area contributed by atoms with Crippen LogP contribution in [0.25, 0.3) is 5.70 Å². The van der Waals surface area contributed by atoms with E-state index in [-0.39, 0.29) is 11.9 Å². The van der Waals surface area contributed by atoms with Crippen molar-refractivity contribution in [3.05, 3.63) is 42.0 Å². The van der Waals surface area contributed by atoms with E-state index in [4.69, 9.17) is 5.73 Å². The lowest BCUT2D eigenvalue weighted by Gasteiger charge is -2.19. The van der Waals surface area contributed by atoms with Crippen molar-refractivity contribution in [3.63, 3.8) is 0 Å². The number of nitrogens with zero attached hydrogens (tertiary/aromatic N) is 1. The summed E-state index contributed by atoms with van der Waals surface area (Å²) in [7, 11) is 0. The first-order valence-electron chi connectivity index (χ1n) is 4.97. The molecule has 0 saturated carbocycles. The van der Waals surface area contributed by atoms with Crippen LogP contribution in [0.5, 0.6) is 0 Å². The third-order valence-electron chi connectivity index (χ3n) is 2.51. The van der Waals surface area contributed by atoms with Crippen LogP contribution in [0.3, 0.4) is 0 Å². The fourth-order valence-corrected chi connectivity index (χ4v) is 1.82. The third kappa shape index (κ3) is 1.55. The number of hydrogen-bond donors (Lipinski definition) is 1. The van der Waals surface area contributed by atoms with E-state index in [1.54, 1.807) is 4.90 Å². The van der Waals surface area contributed by atoms with E-state index in [9.17, 15) is 4.79 Å².